The molecule has 0 saturated carbocycles. The van der Waals surface area contributed by atoms with Gasteiger partial charge in [-0.15, -0.1) is 0 Å². The number of nitrogens with one attached hydrogen (secondary N) is 2. The average Bonchev–Trinajstić information content (AvgIpc) is 3.02. The third kappa shape index (κ3) is 3.74. The topological polar surface area (TPSA) is 108 Å². The van der Waals surface area contributed by atoms with Gasteiger partial charge in [0, 0.05) is 11.1 Å². The summed E-state index contributed by atoms with van der Waals surface area (Å²) in [7, 11) is -3.48. The molecule has 23 heavy (non-hydrogen) atoms. The first-order valence-electron chi connectivity index (χ1n) is 6.60. The lowest BCUT2D eigenvalue weighted by atomic mass is 10.0. The van der Waals surface area contributed by atoms with E-state index in [2.05, 4.69) is 33.1 Å². The van der Waals surface area contributed by atoms with Crippen molar-refractivity contribution in [3.63, 3.8) is 0 Å². The Labute approximate surface area is 138 Å². The summed E-state index contributed by atoms with van der Waals surface area (Å²) in [5.41, 5.74) is 1.16. The summed E-state index contributed by atoms with van der Waals surface area (Å²) in [5.74, 6) is -0.103. The third-order valence-corrected chi connectivity index (χ3v) is 5.21. The summed E-state index contributed by atoms with van der Waals surface area (Å²) in [6.07, 6.45) is 4.25. The molecule has 0 unspecified atom stereocenters. The number of sulfonamides is 1. The molecule has 2 rings (SSSR count). The minimum Gasteiger partial charge on any atom is -0.506 e. The second kappa shape index (κ2) is 6.88. The number of H-pyrrole nitrogens is 1. The van der Waals surface area contributed by atoms with Crippen LogP contribution < -0.4 is 4.72 Å². The fourth-order valence-corrected chi connectivity index (χ4v) is 3.30. The third-order valence-electron chi connectivity index (χ3n) is 3.00. The fourth-order valence-electron chi connectivity index (χ4n) is 1.86. The molecule has 0 atom stereocenters. The second-order valence-corrected chi connectivity index (χ2v) is 7.45. The Morgan fingerprint density at radius 1 is 1.39 bits per heavy atom. The molecular weight excluding hydrogens is 336 g/mol. The van der Waals surface area contributed by atoms with Crippen LogP contribution in [0.1, 0.15) is 18.1 Å². The zero-order valence-corrected chi connectivity index (χ0v) is 14.0. The molecule has 0 spiro atoms. The molecule has 1 heterocycles. The molecule has 0 amide bonds. The number of phenolic OH excluding ortho intramolecular Hbond substituents is 1. The van der Waals surface area contributed by atoms with Gasteiger partial charge < -0.3 is 5.11 Å². The predicted octanol–water partition coefficient (Wildman–Crippen LogP) is 2.71. The summed E-state index contributed by atoms with van der Waals surface area (Å²) >= 11 is 1.12. The number of hydrogen-bond acceptors (Lipinski definition) is 6. The molecule has 7 nitrogen and oxygen atoms in total. The lowest BCUT2D eigenvalue weighted by Gasteiger charge is -2.16. The molecule has 0 bridgehead atoms. The van der Waals surface area contributed by atoms with E-state index in [1.165, 1.54) is 31.5 Å². The molecule has 2 aromatic rings. The Bertz CT molecular complexity index is 830. The molecule has 0 radical (unpaired) electrons. The smallest absolute Gasteiger partial charge is 0.232 e. The SMILES string of the molecule is C=Cc1c(NS(=O)(=O)CC)cc(Sc2ncn[nH]2)c(O)c1C=C. The maximum atomic E-state index is 11.9. The van der Waals surface area contributed by atoms with Gasteiger partial charge in [0.25, 0.3) is 0 Å². The number of phenols is 1. The summed E-state index contributed by atoms with van der Waals surface area (Å²) in [5, 5.41) is 17.3. The maximum absolute atomic E-state index is 11.9. The summed E-state index contributed by atoms with van der Waals surface area (Å²) in [6.45, 7) is 8.88. The van der Waals surface area contributed by atoms with Crippen LogP contribution in [0, 0.1) is 0 Å². The van der Waals surface area contributed by atoms with Crippen molar-refractivity contribution in [1.29, 1.82) is 0 Å². The number of aromatic amines is 1. The van der Waals surface area contributed by atoms with Crippen molar-refractivity contribution in [2.45, 2.75) is 17.0 Å². The maximum Gasteiger partial charge on any atom is 0.232 e. The lowest BCUT2D eigenvalue weighted by molar-refractivity contribution is 0.461. The van der Waals surface area contributed by atoms with Crippen LogP contribution in [-0.4, -0.2) is 34.5 Å². The van der Waals surface area contributed by atoms with E-state index in [0.717, 1.165) is 11.8 Å². The van der Waals surface area contributed by atoms with Crippen molar-refractivity contribution >= 4 is 39.6 Å². The van der Waals surface area contributed by atoms with E-state index in [9.17, 15) is 13.5 Å². The van der Waals surface area contributed by atoms with Crippen molar-refractivity contribution in [1.82, 2.24) is 15.2 Å². The number of nitrogens with zero attached hydrogens (tertiary/aromatic N) is 2. The van der Waals surface area contributed by atoms with E-state index in [0.29, 0.717) is 26.9 Å². The number of rotatable bonds is 7. The number of aromatic nitrogens is 3. The lowest BCUT2D eigenvalue weighted by Crippen LogP contribution is -2.15. The standard InChI is InChI=1S/C14H16N4O3S2/c1-4-9-10(5-2)13(19)12(22-14-15-8-16-17-14)7-11(9)18-23(20,21)6-3/h4-5,7-8,18-19H,1-2,6H2,3H3,(H,15,16,17). The van der Waals surface area contributed by atoms with Crippen molar-refractivity contribution in [3.8, 4) is 5.75 Å². The van der Waals surface area contributed by atoms with Crippen molar-refractivity contribution in [2.75, 3.05) is 10.5 Å². The molecule has 0 saturated heterocycles. The number of hydrogen-bond donors (Lipinski definition) is 3. The van der Waals surface area contributed by atoms with Crippen LogP contribution >= 0.6 is 11.8 Å². The monoisotopic (exact) mass is 352 g/mol. The zero-order chi connectivity index (χ0) is 17.0. The van der Waals surface area contributed by atoms with Gasteiger partial charge in [-0.05, 0) is 24.8 Å². The number of aromatic hydroxyl groups is 1. The van der Waals surface area contributed by atoms with Gasteiger partial charge in [-0.3, -0.25) is 9.82 Å². The van der Waals surface area contributed by atoms with Crippen LogP contribution in [0.5, 0.6) is 5.75 Å². The predicted molar refractivity (Wildman–Crippen MR) is 91.9 cm³/mol. The zero-order valence-electron chi connectivity index (χ0n) is 12.4. The highest BCUT2D eigenvalue weighted by Gasteiger charge is 2.18. The summed E-state index contributed by atoms with van der Waals surface area (Å²) in [6, 6.07) is 1.53. The molecule has 122 valence electrons. The van der Waals surface area contributed by atoms with Gasteiger partial charge >= 0.3 is 0 Å². The quantitative estimate of drug-likeness (QED) is 0.661. The molecule has 9 heteroatoms. The van der Waals surface area contributed by atoms with Crippen LogP contribution in [-0.2, 0) is 10.0 Å². The van der Waals surface area contributed by atoms with Gasteiger partial charge in [-0.1, -0.05) is 25.3 Å². The average molecular weight is 352 g/mol. The highest BCUT2D eigenvalue weighted by atomic mass is 32.2. The van der Waals surface area contributed by atoms with Gasteiger partial charge in [0.15, 0.2) is 5.16 Å². The van der Waals surface area contributed by atoms with E-state index in [1.54, 1.807) is 0 Å². The fraction of sp³-hybridized carbons (Fsp3) is 0.143. The van der Waals surface area contributed by atoms with Crippen LogP contribution in [0.25, 0.3) is 12.2 Å². The summed E-state index contributed by atoms with van der Waals surface area (Å²) < 4.78 is 26.3. The molecule has 0 aliphatic heterocycles. The van der Waals surface area contributed by atoms with Gasteiger partial charge in [-0.25, -0.2) is 13.4 Å². The van der Waals surface area contributed by atoms with E-state index >= 15 is 0 Å². The van der Waals surface area contributed by atoms with Gasteiger partial charge in [0.1, 0.15) is 12.1 Å². The Morgan fingerprint density at radius 3 is 2.61 bits per heavy atom. The van der Waals surface area contributed by atoms with Gasteiger partial charge in [0.2, 0.25) is 10.0 Å². The minimum absolute atomic E-state index is 0.0317. The highest BCUT2D eigenvalue weighted by molar-refractivity contribution is 7.99. The first-order chi connectivity index (χ1) is 10.9. The van der Waals surface area contributed by atoms with Gasteiger partial charge in [0.05, 0.1) is 16.3 Å². The van der Waals surface area contributed by atoms with Crippen molar-refractivity contribution in [2.24, 2.45) is 0 Å². The highest BCUT2D eigenvalue weighted by Crippen LogP contribution is 2.41. The Kier molecular flexibility index (Phi) is 5.12. The Morgan fingerprint density at radius 2 is 2.09 bits per heavy atom. The first kappa shape index (κ1) is 17.1. The Hall–Kier alpha value is -2.26. The Balaban J connectivity index is 2.59. The first-order valence-corrected chi connectivity index (χ1v) is 9.07. The molecule has 0 aliphatic carbocycles. The molecule has 1 aromatic heterocycles. The number of anilines is 1. The van der Waals surface area contributed by atoms with Crippen molar-refractivity contribution in [3.05, 3.63) is 36.7 Å². The largest absolute Gasteiger partial charge is 0.506 e. The molecule has 1 aromatic carbocycles. The van der Waals surface area contributed by atoms with E-state index in [4.69, 9.17) is 0 Å². The van der Waals surface area contributed by atoms with E-state index in [-0.39, 0.29) is 11.5 Å². The van der Waals surface area contributed by atoms with Crippen LogP contribution in [0.3, 0.4) is 0 Å². The van der Waals surface area contributed by atoms with Crippen LogP contribution in [0.15, 0.2) is 35.6 Å². The second-order valence-electron chi connectivity index (χ2n) is 4.40. The van der Waals surface area contributed by atoms with Crippen molar-refractivity contribution < 1.29 is 13.5 Å². The molecular formula is C14H16N4O3S2. The normalized spacial score (nSPS) is 11.2. The van der Waals surface area contributed by atoms with E-state index in [1.807, 2.05) is 0 Å². The minimum atomic E-state index is -3.48. The molecule has 0 aliphatic rings. The van der Waals surface area contributed by atoms with Crippen LogP contribution in [0.2, 0.25) is 0 Å². The van der Waals surface area contributed by atoms with E-state index < -0.39 is 10.0 Å². The molecule has 0 fully saturated rings. The van der Waals surface area contributed by atoms with Gasteiger partial charge in [-0.2, -0.15) is 5.10 Å². The van der Waals surface area contributed by atoms with Crippen LogP contribution in [0.4, 0.5) is 5.69 Å². The number of benzene rings is 1. The summed E-state index contributed by atoms with van der Waals surface area (Å²) in [4.78, 5) is 4.38. The molecule has 3 N–H and O–H groups in total.